The molecule has 41 heavy (non-hydrogen) atoms. The fourth-order valence-corrected chi connectivity index (χ4v) is 5.96. The zero-order chi connectivity index (χ0) is 30.2. The molecule has 3 aromatic rings. The average Bonchev–Trinajstić information content (AvgIpc) is 2.90. The Morgan fingerprint density at radius 3 is 2.24 bits per heavy atom. The van der Waals surface area contributed by atoms with E-state index in [-0.39, 0.29) is 43.8 Å². The number of hydrogen-bond donors (Lipinski definition) is 1. The third kappa shape index (κ3) is 9.48. The van der Waals surface area contributed by atoms with Gasteiger partial charge in [0.25, 0.3) is 0 Å². The molecule has 0 fully saturated rings. The lowest BCUT2D eigenvalue weighted by Gasteiger charge is -2.32. The quantitative estimate of drug-likeness (QED) is 0.254. The molecule has 1 N–H and O–H groups in total. The minimum Gasteiger partial charge on any atom is -0.352 e. The summed E-state index contributed by atoms with van der Waals surface area (Å²) >= 11 is 12.6. The Morgan fingerprint density at radius 2 is 1.61 bits per heavy atom. The van der Waals surface area contributed by atoms with Crippen LogP contribution in [0, 0.1) is 6.92 Å². The molecule has 0 aliphatic carbocycles. The van der Waals surface area contributed by atoms with Crippen LogP contribution in [0.15, 0.2) is 72.8 Å². The molecule has 0 radical (unpaired) electrons. The van der Waals surface area contributed by atoms with Crippen LogP contribution in [-0.2, 0) is 32.6 Å². The van der Waals surface area contributed by atoms with Gasteiger partial charge in [-0.15, -0.1) is 0 Å². The number of carbonyl (C=O) groups excluding carboxylic acids is 2. The van der Waals surface area contributed by atoms with E-state index in [0.29, 0.717) is 27.7 Å². The molecule has 0 bridgehead atoms. The smallest absolute Gasteiger partial charge is 0.243 e. The number of anilines is 1. The zero-order valence-corrected chi connectivity index (χ0v) is 26.1. The second-order valence-electron chi connectivity index (χ2n) is 10.4. The molecule has 3 aromatic carbocycles. The lowest BCUT2D eigenvalue weighted by Crippen LogP contribution is -2.51. The highest BCUT2D eigenvalue weighted by Gasteiger charge is 2.31. The molecule has 0 aliphatic heterocycles. The molecule has 0 saturated heterocycles. The van der Waals surface area contributed by atoms with Crippen LogP contribution in [-0.4, -0.2) is 50.0 Å². The molecule has 10 heteroatoms. The highest BCUT2D eigenvalue weighted by atomic mass is 35.5. The number of halogens is 2. The van der Waals surface area contributed by atoms with E-state index in [1.165, 1.54) is 4.31 Å². The van der Waals surface area contributed by atoms with Crippen molar-refractivity contribution in [2.24, 2.45) is 0 Å². The molecule has 0 aromatic heterocycles. The third-order valence-electron chi connectivity index (χ3n) is 6.59. The van der Waals surface area contributed by atoms with E-state index in [4.69, 9.17) is 23.2 Å². The third-order valence-corrected chi connectivity index (χ3v) is 8.38. The van der Waals surface area contributed by atoms with Crippen molar-refractivity contribution in [3.63, 3.8) is 0 Å². The van der Waals surface area contributed by atoms with E-state index in [1.54, 1.807) is 29.2 Å². The minimum absolute atomic E-state index is 0.0241. The number of amides is 2. The Bertz CT molecular complexity index is 1450. The first kappa shape index (κ1) is 32.4. The van der Waals surface area contributed by atoms with Crippen molar-refractivity contribution in [2.75, 3.05) is 17.1 Å². The molecule has 0 aliphatic rings. The number of benzene rings is 3. The largest absolute Gasteiger partial charge is 0.352 e. The molecule has 0 heterocycles. The first-order valence-electron chi connectivity index (χ1n) is 13.5. The molecule has 1 atom stereocenters. The maximum Gasteiger partial charge on any atom is 0.243 e. The van der Waals surface area contributed by atoms with Gasteiger partial charge in [-0.3, -0.25) is 13.9 Å². The summed E-state index contributed by atoms with van der Waals surface area (Å²) in [5, 5.41) is 3.87. The molecule has 0 unspecified atom stereocenters. The minimum atomic E-state index is -3.65. The summed E-state index contributed by atoms with van der Waals surface area (Å²) in [5.74, 6) is -0.544. The predicted octanol–water partition coefficient (Wildman–Crippen LogP) is 6.01. The number of nitrogens with zero attached hydrogens (tertiary/aromatic N) is 2. The maximum atomic E-state index is 13.9. The highest BCUT2D eigenvalue weighted by molar-refractivity contribution is 7.92. The Morgan fingerprint density at radius 1 is 0.951 bits per heavy atom. The van der Waals surface area contributed by atoms with Gasteiger partial charge in [-0.25, -0.2) is 8.42 Å². The number of sulfonamides is 1. The summed E-state index contributed by atoms with van der Waals surface area (Å²) < 4.78 is 26.7. The molecule has 0 spiro atoms. The number of rotatable bonds is 13. The van der Waals surface area contributed by atoms with Gasteiger partial charge in [-0.2, -0.15) is 0 Å². The Hall–Kier alpha value is -3.07. The van der Waals surface area contributed by atoms with E-state index >= 15 is 0 Å². The fraction of sp³-hybridized carbons (Fsp3) is 0.355. The maximum absolute atomic E-state index is 13.9. The first-order valence-corrected chi connectivity index (χ1v) is 16.1. The van der Waals surface area contributed by atoms with Crippen molar-refractivity contribution >= 4 is 50.7 Å². The van der Waals surface area contributed by atoms with Gasteiger partial charge in [0, 0.05) is 42.0 Å². The van der Waals surface area contributed by atoms with E-state index in [9.17, 15) is 18.0 Å². The second-order valence-corrected chi connectivity index (χ2v) is 13.1. The van der Waals surface area contributed by atoms with Crippen LogP contribution in [0.4, 0.5) is 5.69 Å². The Kier molecular flexibility index (Phi) is 11.6. The van der Waals surface area contributed by atoms with Crippen molar-refractivity contribution in [3.05, 3.63) is 99.5 Å². The van der Waals surface area contributed by atoms with Crippen molar-refractivity contribution in [2.45, 2.75) is 58.7 Å². The lowest BCUT2D eigenvalue weighted by molar-refractivity contribution is -0.141. The topological polar surface area (TPSA) is 86.8 Å². The molecular formula is C31H37Cl2N3O4S. The van der Waals surface area contributed by atoms with Crippen LogP contribution in [0.2, 0.25) is 10.0 Å². The van der Waals surface area contributed by atoms with Crippen molar-refractivity contribution in [1.29, 1.82) is 0 Å². The van der Waals surface area contributed by atoms with E-state index in [0.717, 1.165) is 17.4 Å². The van der Waals surface area contributed by atoms with Crippen LogP contribution in [0.25, 0.3) is 0 Å². The zero-order valence-electron chi connectivity index (χ0n) is 23.8. The standard InChI is InChI=1S/C31H37Cl2N3O4S/c1-22(2)34-31(38)29(19-24-11-6-5-7-12-24)35(21-25-13-8-9-14-27(25)33)30(37)15-10-18-36(41(4,39)40)28-20-26(32)17-16-23(28)3/h5-9,11-14,16-17,20,22,29H,10,15,18-19,21H2,1-4H3,(H,34,38)/t29-/m1/s1. The first-order chi connectivity index (χ1) is 19.4. The van der Waals surface area contributed by atoms with Gasteiger partial charge in [0.15, 0.2) is 0 Å². The summed E-state index contributed by atoms with van der Waals surface area (Å²) in [6.45, 7) is 5.75. The van der Waals surface area contributed by atoms with Crippen LogP contribution in [0.1, 0.15) is 43.4 Å². The lowest BCUT2D eigenvalue weighted by atomic mass is 10.0. The predicted molar refractivity (Wildman–Crippen MR) is 167 cm³/mol. The van der Waals surface area contributed by atoms with Crippen LogP contribution < -0.4 is 9.62 Å². The highest BCUT2D eigenvalue weighted by Crippen LogP contribution is 2.27. The number of hydrogen-bond acceptors (Lipinski definition) is 4. The van der Waals surface area contributed by atoms with Gasteiger partial charge < -0.3 is 10.2 Å². The van der Waals surface area contributed by atoms with Crippen molar-refractivity contribution in [1.82, 2.24) is 10.2 Å². The van der Waals surface area contributed by atoms with Gasteiger partial charge >= 0.3 is 0 Å². The molecule has 3 rings (SSSR count). The van der Waals surface area contributed by atoms with Crippen molar-refractivity contribution < 1.29 is 18.0 Å². The normalized spacial score (nSPS) is 12.2. The van der Waals surface area contributed by atoms with Gasteiger partial charge in [-0.1, -0.05) is 77.8 Å². The number of nitrogens with one attached hydrogen (secondary N) is 1. The summed E-state index contributed by atoms with van der Waals surface area (Å²) in [5.41, 5.74) is 2.84. The molecular weight excluding hydrogens is 581 g/mol. The summed E-state index contributed by atoms with van der Waals surface area (Å²) in [7, 11) is -3.65. The Balaban J connectivity index is 1.91. The summed E-state index contributed by atoms with van der Waals surface area (Å²) in [4.78, 5) is 28.9. The number of aryl methyl sites for hydroxylation is 1. The summed E-state index contributed by atoms with van der Waals surface area (Å²) in [6.07, 6.45) is 1.70. The van der Waals surface area contributed by atoms with Gasteiger partial charge in [0.2, 0.25) is 21.8 Å². The monoisotopic (exact) mass is 617 g/mol. The SMILES string of the molecule is Cc1ccc(Cl)cc1N(CCCC(=O)N(Cc1ccccc1Cl)[C@H](Cc1ccccc1)C(=O)NC(C)C)S(C)(=O)=O. The number of carbonyl (C=O) groups is 2. The van der Waals surface area contributed by atoms with E-state index < -0.39 is 16.1 Å². The van der Waals surface area contributed by atoms with Crippen LogP contribution >= 0.6 is 23.2 Å². The molecule has 7 nitrogen and oxygen atoms in total. The van der Waals surface area contributed by atoms with Gasteiger partial charge in [-0.05, 0) is 62.1 Å². The van der Waals surface area contributed by atoms with Crippen LogP contribution in [0.5, 0.6) is 0 Å². The van der Waals surface area contributed by atoms with Gasteiger partial charge in [0.1, 0.15) is 6.04 Å². The second kappa shape index (κ2) is 14.7. The fourth-order valence-electron chi connectivity index (χ4n) is 4.58. The molecule has 220 valence electrons. The average molecular weight is 619 g/mol. The van der Waals surface area contributed by atoms with Crippen LogP contribution in [0.3, 0.4) is 0 Å². The van der Waals surface area contributed by atoms with E-state index in [2.05, 4.69) is 5.32 Å². The van der Waals surface area contributed by atoms with E-state index in [1.807, 2.05) is 69.3 Å². The van der Waals surface area contributed by atoms with Gasteiger partial charge in [0.05, 0.1) is 11.9 Å². The molecule has 2 amide bonds. The van der Waals surface area contributed by atoms with Crippen molar-refractivity contribution in [3.8, 4) is 0 Å². The Labute approximate surface area is 253 Å². The molecule has 0 saturated carbocycles. The summed E-state index contributed by atoms with van der Waals surface area (Å²) in [6, 6.07) is 20.9.